The van der Waals surface area contributed by atoms with E-state index in [0.29, 0.717) is 25.0 Å². The van der Waals surface area contributed by atoms with E-state index in [1.54, 1.807) is 0 Å². The molecule has 0 saturated carbocycles. The second-order valence-corrected chi connectivity index (χ2v) is 8.79. The van der Waals surface area contributed by atoms with Crippen molar-refractivity contribution in [1.82, 2.24) is 10.6 Å². The molecule has 0 heterocycles. The van der Waals surface area contributed by atoms with Crippen LogP contribution < -0.4 is 15.4 Å². The van der Waals surface area contributed by atoms with Crippen LogP contribution in [0.4, 0.5) is 0 Å². The van der Waals surface area contributed by atoms with Crippen LogP contribution in [-0.2, 0) is 9.84 Å². The SMILES string of the molecule is CCNC(=NCCS(C)(=O)=O)NC(C)c1ccc(OCC(C)C)cc1. The van der Waals surface area contributed by atoms with Gasteiger partial charge in [0.05, 0.1) is 24.9 Å². The summed E-state index contributed by atoms with van der Waals surface area (Å²) in [6.45, 7) is 9.89. The van der Waals surface area contributed by atoms with Crippen molar-refractivity contribution in [3.8, 4) is 5.75 Å². The van der Waals surface area contributed by atoms with Crippen molar-refractivity contribution in [3.63, 3.8) is 0 Å². The van der Waals surface area contributed by atoms with Crippen LogP contribution in [0.5, 0.6) is 5.75 Å². The van der Waals surface area contributed by atoms with Crippen LogP contribution in [0.2, 0.25) is 0 Å². The highest BCUT2D eigenvalue weighted by Gasteiger charge is 2.09. The standard InChI is InChI=1S/C18H31N3O3S/c1-6-19-18(20-11-12-25(5,22)23)21-15(4)16-7-9-17(10-8-16)24-13-14(2)3/h7-10,14-15H,6,11-13H2,1-5H3,(H2,19,20,21). The highest BCUT2D eigenvalue weighted by molar-refractivity contribution is 7.90. The van der Waals surface area contributed by atoms with Gasteiger partial charge >= 0.3 is 0 Å². The Bertz CT molecular complexity index is 640. The molecule has 2 N–H and O–H groups in total. The molecular formula is C18H31N3O3S. The number of aliphatic imine (C=N–C) groups is 1. The molecule has 1 atom stereocenters. The van der Waals surface area contributed by atoms with E-state index in [0.717, 1.165) is 11.3 Å². The monoisotopic (exact) mass is 369 g/mol. The molecule has 1 unspecified atom stereocenters. The molecule has 1 aromatic rings. The van der Waals surface area contributed by atoms with Gasteiger partial charge in [0, 0.05) is 12.8 Å². The van der Waals surface area contributed by atoms with E-state index in [1.165, 1.54) is 6.26 Å². The van der Waals surface area contributed by atoms with E-state index in [4.69, 9.17) is 4.74 Å². The van der Waals surface area contributed by atoms with Gasteiger partial charge < -0.3 is 15.4 Å². The molecule has 0 aliphatic rings. The van der Waals surface area contributed by atoms with Crippen molar-refractivity contribution in [1.29, 1.82) is 0 Å². The maximum absolute atomic E-state index is 11.2. The molecule has 142 valence electrons. The molecule has 25 heavy (non-hydrogen) atoms. The average Bonchev–Trinajstić information content (AvgIpc) is 2.52. The van der Waals surface area contributed by atoms with Crippen LogP contribution in [0.25, 0.3) is 0 Å². The van der Waals surface area contributed by atoms with Crippen LogP contribution in [0.3, 0.4) is 0 Å². The smallest absolute Gasteiger partial charge is 0.191 e. The number of nitrogens with one attached hydrogen (secondary N) is 2. The van der Waals surface area contributed by atoms with Gasteiger partial charge in [0.25, 0.3) is 0 Å². The van der Waals surface area contributed by atoms with Gasteiger partial charge in [-0.05, 0) is 37.5 Å². The van der Waals surface area contributed by atoms with Crippen molar-refractivity contribution >= 4 is 15.8 Å². The molecule has 0 radical (unpaired) electrons. The van der Waals surface area contributed by atoms with Crippen LogP contribution in [0, 0.1) is 5.92 Å². The summed E-state index contributed by atoms with van der Waals surface area (Å²) in [5, 5.41) is 6.43. The Morgan fingerprint density at radius 2 is 1.84 bits per heavy atom. The molecule has 6 nitrogen and oxygen atoms in total. The Morgan fingerprint density at radius 1 is 1.20 bits per heavy atom. The van der Waals surface area contributed by atoms with E-state index < -0.39 is 9.84 Å². The minimum atomic E-state index is -3.01. The van der Waals surface area contributed by atoms with Gasteiger partial charge in [-0.2, -0.15) is 0 Å². The molecule has 0 aliphatic carbocycles. The van der Waals surface area contributed by atoms with Gasteiger partial charge in [-0.25, -0.2) is 8.42 Å². The minimum Gasteiger partial charge on any atom is -0.493 e. The molecule has 7 heteroatoms. The zero-order valence-electron chi connectivity index (χ0n) is 15.9. The largest absolute Gasteiger partial charge is 0.493 e. The lowest BCUT2D eigenvalue weighted by molar-refractivity contribution is 0.271. The van der Waals surface area contributed by atoms with E-state index in [1.807, 2.05) is 38.1 Å². The number of hydrogen-bond acceptors (Lipinski definition) is 4. The summed E-state index contributed by atoms with van der Waals surface area (Å²) < 4.78 is 28.1. The predicted molar refractivity (Wildman–Crippen MR) is 104 cm³/mol. The summed E-state index contributed by atoms with van der Waals surface area (Å²) in [5.41, 5.74) is 1.10. The maximum atomic E-state index is 11.2. The quantitative estimate of drug-likeness (QED) is 0.516. The van der Waals surface area contributed by atoms with Crippen LogP contribution in [0.15, 0.2) is 29.3 Å². The first-order valence-electron chi connectivity index (χ1n) is 8.66. The third-order valence-corrected chi connectivity index (χ3v) is 4.32. The highest BCUT2D eigenvalue weighted by Crippen LogP contribution is 2.18. The van der Waals surface area contributed by atoms with Crippen molar-refractivity contribution in [3.05, 3.63) is 29.8 Å². The maximum Gasteiger partial charge on any atom is 0.191 e. The van der Waals surface area contributed by atoms with E-state index in [9.17, 15) is 8.42 Å². The molecule has 0 saturated heterocycles. The van der Waals surface area contributed by atoms with Crippen molar-refractivity contribution in [2.24, 2.45) is 10.9 Å². The first-order chi connectivity index (χ1) is 11.7. The van der Waals surface area contributed by atoms with Gasteiger partial charge in [0.15, 0.2) is 5.96 Å². The molecule has 0 aliphatic heterocycles. The highest BCUT2D eigenvalue weighted by atomic mass is 32.2. The summed E-state index contributed by atoms with van der Waals surface area (Å²) in [5.74, 6) is 2.00. The number of nitrogens with zero attached hydrogens (tertiary/aromatic N) is 1. The average molecular weight is 370 g/mol. The fraction of sp³-hybridized carbons (Fsp3) is 0.611. The van der Waals surface area contributed by atoms with Crippen molar-refractivity contribution in [2.75, 3.05) is 31.7 Å². The van der Waals surface area contributed by atoms with E-state index in [-0.39, 0.29) is 18.3 Å². The first-order valence-corrected chi connectivity index (χ1v) is 10.7. The normalized spacial score (nSPS) is 13.6. The zero-order chi connectivity index (χ0) is 18.9. The summed E-state index contributed by atoms with van der Waals surface area (Å²) in [6, 6.07) is 8.00. The number of guanidine groups is 1. The second kappa shape index (κ2) is 10.3. The van der Waals surface area contributed by atoms with Crippen LogP contribution in [-0.4, -0.2) is 46.1 Å². The topological polar surface area (TPSA) is 79.8 Å². The Balaban J connectivity index is 2.66. The van der Waals surface area contributed by atoms with Gasteiger partial charge in [-0.3, -0.25) is 4.99 Å². The number of ether oxygens (including phenoxy) is 1. The number of benzene rings is 1. The molecule has 0 spiro atoms. The summed E-state index contributed by atoms with van der Waals surface area (Å²) in [7, 11) is -3.01. The summed E-state index contributed by atoms with van der Waals surface area (Å²) >= 11 is 0. The third kappa shape index (κ3) is 9.34. The lowest BCUT2D eigenvalue weighted by atomic mass is 10.1. The number of hydrogen-bond donors (Lipinski definition) is 2. The van der Waals surface area contributed by atoms with E-state index in [2.05, 4.69) is 29.5 Å². The van der Waals surface area contributed by atoms with Gasteiger partial charge in [0.1, 0.15) is 15.6 Å². The zero-order valence-corrected chi connectivity index (χ0v) is 16.7. The second-order valence-electron chi connectivity index (χ2n) is 6.53. The summed E-state index contributed by atoms with van der Waals surface area (Å²) in [4.78, 5) is 4.32. The van der Waals surface area contributed by atoms with Crippen LogP contribution in [0.1, 0.15) is 39.3 Å². The molecule has 1 rings (SSSR count). The van der Waals surface area contributed by atoms with Gasteiger partial charge in [-0.15, -0.1) is 0 Å². The lowest BCUT2D eigenvalue weighted by Gasteiger charge is -2.18. The fourth-order valence-electron chi connectivity index (χ4n) is 2.05. The van der Waals surface area contributed by atoms with Crippen molar-refractivity contribution in [2.45, 2.75) is 33.7 Å². The molecule has 1 aromatic carbocycles. The Labute approximate surface area is 152 Å². The molecule has 0 bridgehead atoms. The summed E-state index contributed by atoms with van der Waals surface area (Å²) in [6.07, 6.45) is 1.22. The Morgan fingerprint density at radius 3 is 2.36 bits per heavy atom. The first kappa shape index (κ1) is 21.3. The fourth-order valence-corrected chi connectivity index (χ4v) is 2.47. The Hall–Kier alpha value is -1.76. The lowest BCUT2D eigenvalue weighted by Crippen LogP contribution is -2.39. The van der Waals surface area contributed by atoms with Gasteiger partial charge in [-0.1, -0.05) is 26.0 Å². The third-order valence-electron chi connectivity index (χ3n) is 3.39. The van der Waals surface area contributed by atoms with E-state index >= 15 is 0 Å². The molecule has 0 amide bonds. The Kier molecular flexibility index (Phi) is 8.75. The molecular weight excluding hydrogens is 338 g/mol. The number of sulfone groups is 1. The van der Waals surface area contributed by atoms with Gasteiger partial charge in [0.2, 0.25) is 0 Å². The molecule has 0 fully saturated rings. The number of rotatable bonds is 9. The molecule has 0 aromatic heterocycles. The van der Waals surface area contributed by atoms with Crippen LogP contribution >= 0.6 is 0 Å². The minimum absolute atomic E-state index is 0.0372. The predicted octanol–water partition coefficient (Wildman–Crippen LogP) is 2.38. The van der Waals surface area contributed by atoms with Crippen molar-refractivity contribution < 1.29 is 13.2 Å².